The topological polar surface area (TPSA) is 12.0 Å². The van der Waals surface area contributed by atoms with Crippen molar-refractivity contribution in [3.05, 3.63) is 40.8 Å². The predicted molar refractivity (Wildman–Crippen MR) is 90.8 cm³/mol. The van der Waals surface area contributed by atoms with Gasteiger partial charge < -0.3 is 5.32 Å². The number of fused-ring (bicyclic) bond motifs is 3. The molecule has 0 radical (unpaired) electrons. The second-order valence-electron chi connectivity index (χ2n) is 5.82. The molecule has 1 saturated carbocycles. The van der Waals surface area contributed by atoms with Gasteiger partial charge in [0.2, 0.25) is 0 Å². The van der Waals surface area contributed by atoms with Crippen LogP contribution in [0.1, 0.15) is 24.8 Å². The molecule has 0 amide bonds. The Morgan fingerprint density at radius 1 is 1.20 bits per heavy atom. The highest BCUT2D eigenvalue weighted by Gasteiger charge is 2.39. The fourth-order valence-corrected chi connectivity index (χ4v) is 5.00. The Morgan fingerprint density at radius 2 is 2.05 bits per heavy atom. The van der Waals surface area contributed by atoms with Crippen molar-refractivity contribution in [2.75, 3.05) is 13.6 Å². The summed E-state index contributed by atoms with van der Waals surface area (Å²) >= 11 is 1.89. The van der Waals surface area contributed by atoms with Crippen LogP contribution in [0.4, 0.5) is 0 Å². The SMILES string of the molecule is CNCC1=C(c2cccc3ccsc23)C2CCC1C2.Cl. The summed E-state index contributed by atoms with van der Waals surface area (Å²) in [5.41, 5.74) is 4.89. The number of allylic oxidation sites excluding steroid dienone is 1. The van der Waals surface area contributed by atoms with E-state index in [0.29, 0.717) is 0 Å². The molecule has 0 spiro atoms. The van der Waals surface area contributed by atoms with Gasteiger partial charge in [-0.25, -0.2) is 0 Å². The maximum absolute atomic E-state index is 3.38. The highest BCUT2D eigenvalue weighted by Crippen LogP contribution is 2.53. The lowest BCUT2D eigenvalue weighted by Gasteiger charge is -2.20. The van der Waals surface area contributed by atoms with E-state index in [1.54, 1.807) is 11.1 Å². The van der Waals surface area contributed by atoms with Crippen LogP contribution in [0.15, 0.2) is 35.2 Å². The van der Waals surface area contributed by atoms with Gasteiger partial charge in [0.15, 0.2) is 0 Å². The van der Waals surface area contributed by atoms with E-state index >= 15 is 0 Å². The third kappa shape index (κ3) is 2.02. The number of nitrogens with one attached hydrogen (secondary N) is 1. The molecule has 2 aliphatic carbocycles. The summed E-state index contributed by atoms with van der Waals surface area (Å²) < 4.78 is 1.48. The standard InChI is InChI=1S/C17H19NS.ClH/c1-18-10-15-12-5-6-13(9-12)16(15)14-4-2-3-11-7-8-19-17(11)14;/h2-4,7-8,12-13,18H,5-6,9-10H2,1H3;1H. The van der Waals surface area contributed by atoms with Gasteiger partial charge in [-0.2, -0.15) is 0 Å². The van der Waals surface area contributed by atoms with E-state index in [2.05, 4.69) is 42.0 Å². The number of hydrogen-bond acceptors (Lipinski definition) is 2. The first-order valence-corrected chi connectivity index (χ1v) is 8.10. The van der Waals surface area contributed by atoms with Crippen LogP contribution in [-0.4, -0.2) is 13.6 Å². The Morgan fingerprint density at radius 3 is 2.90 bits per heavy atom. The van der Waals surface area contributed by atoms with E-state index in [4.69, 9.17) is 0 Å². The van der Waals surface area contributed by atoms with E-state index in [0.717, 1.165) is 18.4 Å². The molecular formula is C17H20ClNS. The number of halogens is 1. The molecule has 2 unspecified atom stereocenters. The molecule has 4 rings (SSSR count). The highest BCUT2D eigenvalue weighted by molar-refractivity contribution is 7.17. The molecule has 1 aromatic heterocycles. The smallest absolute Gasteiger partial charge is 0.0417 e. The maximum Gasteiger partial charge on any atom is 0.0417 e. The van der Waals surface area contributed by atoms with Crippen molar-refractivity contribution in [1.29, 1.82) is 0 Å². The highest BCUT2D eigenvalue weighted by atomic mass is 35.5. The van der Waals surface area contributed by atoms with Gasteiger partial charge in [0.1, 0.15) is 0 Å². The van der Waals surface area contributed by atoms with Crippen molar-refractivity contribution in [3.8, 4) is 0 Å². The molecule has 0 saturated heterocycles. The molecular weight excluding hydrogens is 286 g/mol. The molecule has 1 heterocycles. The first-order valence-electron chi connectivity index (χ1n) is 7.22. The van der Waals surface area contributed by atoms with Crippen molar-refractivity contribution in [3.63, 3.8) is 0 Å². The van der Waals surface area contributed by atoms with E-state index in [-0.39, 0.29) is 12.4 Å². The number of rotatable bonds is 3. The molecule has 20 heavy (non-hydrogen) atoms. The van der Waals surface area contributed by atoms with Crippen LogP contribution in [0.2, 0.25) is 0 Å². The van der Waals surface area contributed by atoms with Gasteiger partial charge in [-0.15, -0.1) is 23.7 Å². The van der Waals surface area contributed by atoms with Gasteiger partial charge in [-0.05, 0) is 71.7 Å². The molecule has 0 aliphatic heterocycles. The predicted octanol–water partition coefficient (Wildman–Crippen LogP) is 4.73. The third-order valence-electron chi connectivity index (χ3n) is 4.82. The zero-order valence-electron chi connectivity index (χ0n) is 11.7. The van der Waals surface area contributed by atoms with Crippen molar-refractivity contribution in [1.82, 2.24) is 5.32 Å². The summed E-state index contributed by atoms with van der Waals surface area (Å²) in [4.78, 5) is 0. The summed E-state index contributed by atoms with van der Waals surface area (Å²) in [6.45, 7) is 1.07. The quantitative estimate of drug-likeness (QED) is 0.864. The average Bonchev–Trinajstić information content (AvgIpc) is 3.13. The molecule has 1 aromatic carbocycles. The fourth-order valence-electron chi connectivity index (χ4n) is 4.07. The molecule has 1 N–H and O–H groups in total. The number of likely N-dealkylation sites (N-methyl/N-ethyl adjacent to an activating group) is 1. The van der Waals surface area contributed by atoms with Gasteiger partial charge in [0.05, 0.1) is 0 Å². The zero-order chi connectivity index (χ0) is 12.8. The molecule has 3 heteroatoms. The van der Waals surface area contributed by atoms with Gasteiger partial charge in [-0.1, -0.05) is 18.2 Å². The van der Waals surface area contributed by atoms with Crippen LogP contribution in [0, 0.1) is 11.8 Å². The fraction of sp³-hybridized carbons (Fsp3) is 0.412. The molecule has 2 aromatic rings. The van der Waals surface area contributed by atoms with E-state index in [1.165, 1.54) is 34.9 Å². The van der Waals surface area contributed by atoms with Crippen LogP contribution in [0.5, 0.6) is 0 Å². The van der Waals surface area contributed by atoms with Gasteiger partial charge >= 0.3 is 0 Å². The Balaban J connectivity index is 0.00000121. The van der Waals surface area contributed by atoms with Crippen molar-refractivity contribution in [2.24, 2.45) is 11.8 Å². The van der Waals surface area contributed by atoms with Crippen molar-refractivity contribution < 1.29 is 0 Å². The minimum atomic E-state index is 0. The lowest BCUT2D eigenvalue weighted by Crippen LogP contribution is -2.16. The molecule has 2 bridgehead atoms. The van der Waals surface area contributed by atoms with Gasteiger partial charge in [0.25, 0.3) is 0 Å². The molecule has 2 aliphatic rings. The van der Waals surface area contributed by atoms with Crippen molar-refractivity contribution in [2.45, 2.75) is 19.3 Å². The Kier molecular flexibility index (Phi) is 3.89. The summed E-state index contributed by atoms with van der Waals surface area (Å²) in [5, 5.41) is 7.01. The normalized spacial score (nSPS) is 24.4. The summed E-state index contributed by atoms with van der Waals surface area (Å²) in [6, 6.07) is 9.04. The maximum atomic E-state index is 3.38. The van der Waals surface area contributed by atoms with Gasteiger partial charge in [-0.3, -0.25) is 0 Å². The molecule has 1 fully saturated rings. The van der Waals surface area contributed by atoms with Gasteiger partial charge in [0, 0.05) is 11.2 Å². The third-order valence-corrected chi connectivity index (χ3v) is 5.78. The van der Waals surface area contributed by atoms with Crippen LogP contribution in [-0.2, 0) is 0 Å². The second kappa shape index (κ2) is 5.51. The second-order valence-corrected chi connectivity index (χ2v) is 6.74. The average molecular weight is 306 g/mol. The Bertz CT molecular complexity index is 658. The van der Waals surface area contributed by atoms with Crippen LogP contribution < -0.4 is 5.32 Å². The van der Waals surface area contributed by atoms with Crippen LogP contribution >= 0.6 is 23.7 Å². The number of hydrogen-bond donors (Lipinski definition) is 1. The lowest BCUT2D eigenvalue weighted by molar-refractivity contribution is 0.627. The summed E-state index contributed by atoms with van der Waals surface area (Å²) in [5.74, 6) is 1.67. The summed E-state index contributed by atoms with van der Waals surface area (Å²) in [6.07, 6.45) is 4.20. The van der Waals surface area contributed by atoms with Crippen molar-refractivity contribution >= 4 is 39.4 Å². The van der Waals surface area contributed by atoms with E-state index in [9.17, 15) is 0 Å². The Labute approximate surface area is 130 Å². The first kappa shape index (κ1) is 14.1. The minimum Gasteiger partial charge on any atom is -0.316 e. The number of thiophene rings is 1. The molecule has 2 atom stereocenters. The van der Waals surface area contributed by atoms with Crippen LogP contribution in [0.25, 0.3) is 15.7 Å². The molecule has 106 valence electrons. The summed E-state index contributed by atoms with van der Waals surface area (Å²) in [7, 11) is 2.07. The Hall–Kier alpha value is -0.830. The minimum absolute atomic E-state index is 0. The number of benzene rings is 1. The molecule has 1 nitrogen and oxygen atoms in total. The lowest BCUT2D eigenvalue weighted by atomic mass is 9.87. The van der Waals surface area contributed by atoms with E-state index < -0.39 is 0 Å². The zero-order valence-corrected chi connectivity index (χ0v) is 13.3. The van der Waals surface area contributed by atoms with Crippen LogP contribution in [0.3, 0.4) is 0 Å². The monoisotopic (exact) mass is 305 g/mol. The van der Waals surface area contributed by atoms with E-state index in [1.807, 2.05) is 11.3 Å². The first-order chi connectivity index (χ1) is 9.38. The largest absolute Gasteiger partial charge is 0.316 e.